The Morgan fingerprint density at radius 1 is 0.833 bits per heavy atom. The number of hydrogen-bond acceptors (Lipinski definition) is 2. The Bertz CT molecular complexity index is 869. The normalized spacial score (nSPS) is 10.9. The highest BCUT2D eigenvalue weighted by Crippen LogP contribution is 2.29. The van der Waals surface area contributed by atoms with Gasteiger partial charge in [-0.3, -0.25) is 0 Å². The van der Waals surface area contributed by atoms with E-state index in [0.29, 0.717) is 11.4 Å². The molecule has 0 radical (unpaired) electrons. The third-order valence-electron chi connectivity index (χ3n) is 3.59. The summed E-state index contributed by atoms with van der Waals surface area (Å²) in [4.78, 5) is 8.21. The van der Waals surface area contributed by atoms with Gasteiger partial charge in [0.25, 0.3) is 0 Å². The first-order chi connectivity index (χ1) is 11.5. The van der Waals surface area contributed by atoms with Crippen molar-refractivity contribution < 1.29 is 17.6 Å². The fourth-order valence-electron chi connectivity index (χ4n) is 2.32. The molecule has 0 saturated carbocycles. The zero-order valence-corrected chi connectivity index (χ0v) is 12.7. The van der Waals surface area contributed by atoms with E-state index in [9.17, 15) is 17.6 Å². The van der Waals surface area contributed by atoms with Gasteiger partial charge in [-0.2, -0.15) is 0 Å². The summed E-state index contributed by atoms with van der Waals surface area (Å²) in [5, 5.41) is 0. The minimum absolute atomic E-state index is 0.00363. The zero-order chi connectivity index (χ0) is 17.3. The highest BCUT2D eigenvalue weighted by atomic mass is 19.1. The first kappa shape index (κ1) is 16.1. The van der Waals surface area contributed by atoms with Gasteiger partial charge >= 0.3 is 0 Å². The van der Waals surface area contributed by atoms with Gasteiger partial charge in [0, 0.05) is 23.5 Å². The Morgan fingerprint density at radius 3 is 1.96 bits per heavy atom. The van der Waals surface area contributed by atoms with Crippen LogP contribution in [0.4, 0.5) is 17.6 Å². The Balaban J connectivity index is 2.03. The van der Waals surface area contributed by atoms with E-state index < -0.39 is 29.7 Å². The van der Waals surface area contributed by atoms with E-state index in [1.54, 1.807) is 18.5 Å². The average molecular weight is 332 g/mol. The van der Waals surface area contributed by atoms with E-state index in [-0.39, 0.29) is 11.1 Å². The number of aryl methyl sites for hydroxylation is 1. The highest BCUT2D eigenvalue weighted by molar-refractivity contribution is 5.69. The molecular formula is C18H12F4N2. The summed E-state index contributed by atoms with van der Waals surface area (Å²) < 4.78 is 54.3. The lowest BCUT2D eigenvalue weighted by atomic mass is 10.0. The lowest BCUT2D eigenvalue weighted by Gasteiger charge is -2.08. The van der Waals surface area contributed by atoms with Crippen molar-refractivity contribution in [3.63, 3.8) is 0 Å². The lowest BCUT2D eigenvalue weighted by molar-refractivity contribution is 0.440. The van der Waals surface area contributed by atoms with E-state index >= 15 is 0 Å². The van der Waals surface area contributed by atoms with Crippen molar-refractivity contribution in [1.29, 1.82) is 0 Å². The summed E-state index contributed by atoms with van der Waals surface area (Å²) in [5.74, 6) is -2.42. The number of nitrogens with zero attached hydrogens (tertiary/aromatic N) is 2. The molecule has 0 amide bonds. The fraction of sp³-hybridized carbons (Fsp3) is 0.111. The molecule has 2 aromatic carbocycles. The molecule has 0 N–H and O–H groups in total. The molecule has 0 aliphatic rings. The Hall–Kier alpha value is -2.76. The minimum Gasteiger partial charge on any atom is -0.246 e. The third-order valence-corrected chi connectivity index (χ3v) is 3.59. The van der Waals surface area contributed by atoms with E-state index in [2.05, 4.69) is 9.97 Å². The molecule has 1 aromatic heterocycles. The largest absolute Gasteiger partial charge is 0.246 e. The first-order valence-electron chi connectivity index (χ1n) is 7.12. The van der Waals surface area contributed by atoms with Crippen molar-refractivity contribution >= 4 is 0 Å². The molecule has 0 atom stereocenters. The summed E-state index contributed by atoms with van der Waals surface area (Å²) in [6, 6.07) is 5.97. The quantitative estimate of drug-likeness (QED) is 0.630. The Labute approximate surface area is 135 Å². The number of hydrogen-bond donors (Lipinski definition) is 0. The van der Waals surface area contributed by atoms with E-state index in [4.69, 9.17) is 0 Å². The molecule has 122 valence electrons. The van der Waals surface area contributed by atoms with Crippen LogP contribution < -0.4 is 0 Å². The van der Waals surface area contributed by atoms with Crippen molar-refractivity contribution in [2.75, 3.05) is 0 Å². The molecule has 1 heterocycles. The molecule has 2 nitrogen and oxygen atoms in total. The second-order valence-electron chi connectivity index (χ2n) is 5.33. The maximum Gasteiger partial charge on any atom is 0.159 e. The predicted octanol–water partition coefficient (Wildman–Crippen LogP) is 5.01. The molecule has 0 aliphatic carbocycles. The maximum absolute atomic E-state index is 14.4. The second kappa shape index (κ2) is 6.39. The van der Waals surface area contributed by atoms with Gasteiger partial charge in [-0.05, 0) is 36.2 Å². The number of benzene rings is 2. The van der Waals surface area contributed by atoms with Gasteiger partial charge < -0.3 is 0 Å². The van der Waals surface area contributed by atoms with Gasteiger partial charge in [0.2, 0.25) is 0 Å². The smallest absolute Gasteiger partial charge is 0.159 e. The molecule has 0 unspecified atom stereocenters. The first-order valence-corrected chi connectivity index (χ1v) is 7.12. The van der Waals surface area contributed by atoms with Crippen molar-refractivity contribution in [3.05, 3.63) is 71.3 Å². The van der Waals surface area contributed by atoms with Gasteiger partial charge in [-0.1, -0.05) is 12.1 Å². The van der Waals surface area contributed by atoms with Crippen molar-refractivity contribution in [2.45, 2.75) is 13.6 Å². The Morgan fingerprint density at radius 2 is 1.42 bits per heavy atom. The number of rotatable bonds is 3. The SMILES string of the molecule is Cc1cnc(-c2ccc(-c3cc(F)c(CF)c(F)c3)c(F)c2)nc1. The molecule has 0 fully saturated rings. The van der Waals surface area contributed by atoms with Gasteiger partial charge in [0.05, 0.1) is 5.56 Å². The van der Waals surface area contributed by atoms with Crippen LogP contribution in [0.1, 0.15) is 11.1 Å². The molecule has 3 rings (SSSR count). The predicted molar refractivity (Wildman–Crippen MR) is 82.3 cm³/mol. The van der Waals surface area contributed by atoms with Crippen LogP contribution in [0.25, 0.3) is 22.5 Å². The average Bonchev–Trinajstić information content (AvgIpc) is 2.55. The standard InChI is InChI=1S/C18H12F4N2/c1-10-8-23-18(24-9-10)11-2-3-13(15(20)4-11)12-5-16(21)14(7-19)17(22)6-12/h2-6,8-9H,7H2,1H3. The van der Waals surface area contributed by atoms with Crippen LogP contribution in [0.5, 0.6) is 0 Å². The van der Waals surface area contributed by atoms with Gasteiger partial charge in [-0.15, -0.1) is 0 Å². The fourth-order valence-corrected chi connectivity index (χ4v) is 2.32. The molecule has 3 aromatic rings. The van der Waals surface area contributed by atoms with Crippen molar-refractivity contribution in [2.24, 2.45) is 0 Å². The molecule has 24 heavy (non-hydrogen) atoms. The van der Waals surface area contributed by atoms with E-state index in [1.165, 1.54) is 12.1 Å². The molecule has 6 heteroatoms. The van der Waals surface area contributed by atoms with Crippen LogP contribution in [-0.2, 0) is 6.67 Å². The summed E-state index contributed by atoms with van der Waals surface area (Å²) in [5.41, 5.74) is 0.654. The molecule has 0 saturated heterocycles. The lowest BCUT2D eigenvalue weighted by Crippen LogP contribution is -1.96. The van der Waals surface area contributed by atoms with Crippen LogP contribution in [-0.4, -0.2) is 9.97 Å². The van der Waals surface area contributed by atoms with Crippen molar-refractivity contribution in [1.82, 2.24) is 9.97 Å². The minimum atomic E-state index is -1.26. The summed E-state index contributed by atoms with van der Waals surface area (Å²) >= 11 is 0. The van der Waals surface area contributed by atoms with Crippen LogP contribution >= 0.6 is 0 Å². The van der Waals surface area contributed by atoms with Gasteiger partial charge in [0.1, 0.15) is 24.1 Å². The summed E-state index contributed by atoms with van der Waals surface area (Å²) in [6.07, 6.45) is 3.21. The van der Waals surface area contributed by atoms with Crippen molar-refractivity contribution in [3.8, 4) is 22.5 Å². The Kier molecular flexibility index (Phi) is 4.29. The third kappa shape index (κ3) is 2.99. The number of alkyl halides is 1. The number of aromatic nitrogens is 2. The topological polar surface area (TPSA) is 25.8 Å². The van der Waals surface area contributed by atoms with Gasteiger partial charge in [0.15, 0.2) is 5.82 Å². The number of halogens is 4. The summed E-state index contributed by atoms with van der Waals surface area (Å²) in [7, 11) is 0. The van der Waals surface area contributed by atoms with Gasteiger partial charge in [-0.25, -0.2) is 27.5 Å². The maximum atomic E-state index is 14.4. The van der Waals surface area contributed by atoms with Crippen LogP contribution in [0.3, 0.4) is 0 Å². The second-order valence-corrected chi connectivity index (χ2v) is 5.33. The monoisotopic (exact) mass is 332 g/mol. The van der Waals surface area contributed by atoms with E-state index in [0.717, 1.165) is 17.7 Å². The summed E-state index contributed by atoms with van der Waals surface area (Å²) in [6.45, 7) is 0.571. The molecular weight excluding hydrogens is 320 g/mol. The van der Waals surface area contributed by atoms with Crippen LogP contribution in [0.2, 0.25) is 0 Å². The molecule has 0 aliphatic heterocycles. The van der Waals surface area contributed by atoms with E-state index in [1.807, 2.05) is 6.92 Å². The molecule has 0 bridgehead atoms. The van der Waals surface area contributed by atoms with Crippen LogP contribution in [0.15, 0.2) is 42.7 Å². The molecule has 0 spiro atoms. The highest BCUT2D eigenvalue weighted by Gasteiger charge is 2.15. The zero-order valence-electron chi connectivity index (χ0n) is 12.7. The van der Waals surface area contributed by atoms with Crippen LogP contribution in [0, 0.1) is 24.4 Å².